The van der Waals surface area contributed by atoms with Crippen molar-refractivity contribution in [1.29, 1.82) is 0 Å². The van der Waals surface area contributed by atoms with Crippen molar-refractivity contribution in [3.05, 3.63) is 0 Å². The Morgan fingerprint density at radius 3 is 3.11 bits per heavy atom. The molecule has 1 aliphatic rings. The summed E-state index contributed by atoms with van der Waals surface area (Å²) in [5, 5.41) is 12.5. The maximum absolute atomic E-state index is 9.22. The third-order valence-electron chi connectivity index (χ3n) is 1.83. The Kier molecular flexibility index (Phi) is 2.49. The quantitative estimate of drug-likeness (QED) is 0.499. The van der Waals surface area contributed by atoms with Crippen LogP contribution in [-0.2, 0) is 0 Å². The summed E-state index contributed by atoms with van der Waals surface area (Å²) in [6.45, 7) is 3.19. The lowest BCUT2D eigenvalue weighted by molar-refractivity contribution is 0.152. The minimum atomic E-state index is -0.0602. The van der Waals surface area contributed by atoms with Crippen molar-refractivity contribution in [2.24, 2.45) is 0 Å². The average molecular weight is 129 g/mol. The molecule has 1 aliphatic heterocycles. The zero-order valence-electron chi connectivity index (χ0n) is 5.93. The van der Waals surface area contributed by atoms with Crippen LogP contribution >= 0.6 is 0 Å². The molecule has 1 saturated heterocycles. The molecule has 2 heteroatoms. The van der Waals surface area contributed by atoms with Gasteiger partial charge >= 0.3 is 0 Å². The Morgan fingerprint density at radius 1 is 1.56 bits per heavy atom. The normalized spacial score (nSPS) is 38.0. The second kappa shape index (κ2) is 3.18. The van der Waals surface area contributed by atoms with Gasteiger partial charge in [0.25, 0.3) is 0 Å². The van der Waals surface area contributed by atoms with Crippen molar-refractivity contribution < 1.29 is 5.11 Å². The SMILES string of the molecule is C[C@@H]1C[C@H](O)CCCN1. The minimum absolute atomic E-state index is 0.0602. The smallest absolute Gasteiger partial charge is 0.0555 e. The largest absolute Gasteiger partial charge is 0.393 e. The summed E-state index contributed by atoms with van der Waals surface area (Å²) in [6.07, 6.45) is 2.94. The molecule has 1 rings (SSSR count). The predicted octanol–water partition coefficient (Wildman–Crippen LogP) is 0.509. The van der Waals surface area contributed by atoms with Crippen LogP contribution in [0.5, 0.6) is 0 Å². The number of hydrogen-bond donors (Lipinski definition) is 2. The van der Waals surface area contributed by atoms with Crippen LogP contribution in [-0.4, -0.2) is 23.8 Å². The average Bonchev–Trinajstić information content (AvgIpc) is 1.93. The van der Waals surface area contributed by atoms with Gasteiger partial charge in [0.2, 0.25) is 0 Å². The molecule has 2 atom stereocenters. The highest BCUT2D eigenvalue weighted by Gasteiger charge is 2.12. The molecule has 0 aliphatic carbocycles. The second-order valence-electron chi connectivity index (χ2n) is 2.89. The van der Waals surface area contributed by atoms with Crippen LogP contribution < -0.4 is 5.32 Å². The molecule has 0 saturated carbocycles. The molecule has 0 radical (unpaired) electrons. The third-order valence-corrected chi connectivity index (χ3v) is 1.83. The molecule has 2 nitrogen and oxygen atoms in total. The molecule has 0 aromatic carbocycles. The Balaban J connectivity index is 2.29. The molecule has 1 fully saturated rings. The fourth-order valence-corrected chi connectivity index (χ4v) is 1.30. The lowest BCUT2D eigenvalue weighted by atomic mass is 10.1. The lowest BCUT2D eigenvalue weighted by Crippen LogP contribution is -2.26. The van der Waals surface area contributed by atoms with Gasteiger partial charge in [-0.05, 0) is 32.7 Å². The number of aliphatic hydroxyl groups excluding tert-OH is 1. The van der Waals surface area contributed by atoms with Crippen molar-refractivity contribution in [2.75, 3.05) is 6.54 Å². The van der Waals surface area contributed by atoms with Gasteiger partial charge in [-0.3, -0.25) is 0 Å². The van der Waals surface area contributed by atoms with E-state index in [-0.39, 0.29) is 6.10 Å². The minimum Gasteiger partial charge on any atom is -0.393 e. The molecule has 2 N–H and O–H groups in total. The van der Waals surface area contributed by atoms with Crippen LogP contribution in [0.1, 0.15) is 26.2 Å². The maximum Gasteiger partial charge on any atom is 0.0555 e. The molecule has 1 heterocycles. The summed E-state index contributed by atoms with van der Waals surface area (Å²) in [7, 11) is 0. The van der Waals surface area contributed by atoms with Crippen molar-refractivity contribution in [1.82, 2.24) is 5.32 Å². The van der Waals surface area contributed by atoms with E-state index in [9.17, 15) is 5.11 Å². The van der Waals surface area contributed by atoms with E-state index in [1.165, 1.54) is 0 Å². The summed E-state index contributed by atoms with van der Waals surface area (Å²) in [5.41, 5.74) is 0. The number of rotatable bonds is 0. The molecule has 0 amide bonds. The van der Waals surface area contributed by atoms with E-state index in [1.807, 2.05) is 0 Å². The first-order valence-electron chi connectivity index (χ1n) is 3.70. The summed E-state index contributed by atoms with van der Waals surface area (Å²) >= 11 is 0. The fourth-order valence-electron chi connectivity index (χ4n) is 1.30. The first kappa shape index (κ1) is 7.03. The number of aliphatic hydroxyl groups is 1. The monoisotopic (exact) mass is 129 g/mol. The fraction of sp³-hybridized carbons (Fsp3) is 1.00. The molecule has 0 bridgehead atoms. The molecule has 9 heavy (non-hydrogen) atoms. The number of nitrogens with one attached hydrogen (secondary N) is 1. The highest BCUT2D eigenvalue weighted by atomic mass is 16.3. The van der Waals surface area contributed by atoms with Crippen LogP contribution in [0.3, 0.4) is 0 Å². The Morgan fingerprint density at radius 2 is 2.33 bits per heavy atom. The van der Waals surface area contributed by atoms with E-state index >= 15 is 0 Å². The third kappa shape index (κ3) is 2.33. The zero-order valence-corrected chi connectivity index (χ0v) is 5.93. The molecular formula is C7H15NO. The zero-order chi connectivity index (χ0) is 6.69. The maximum atomic E-state index is 9.22. The van der Waals surface area contributed by atoms with Crippen molar-refractivity contribution in [2.45, 2.75) is 38.3 Å². The van der Waals surface area contributed by atoms with Gasteiger partial charge in [-0.1, -0.05) is 0 Å². The van der Waals surface area contributed by atoms with E-state index in [1.54, 1.807) is 0 Å². The highest BCUT2D eigenvalue weighted by molar-refractivity contribution is 4.71. The van der Waals surface area contributed by atoms with Crippen molar-refractivity contribution >= 4 is 0 Å². The van der Waals surface area contributed by atoms with Crippen LogP contribution in [0, 0.1) is 0 Å². The van der Waals surface area contributed by atoms with Gasteiger partial charge in [0, 0.05) is 6.04 Å². The predicted molar refractivity (Wildman–Crippen MR) is 37.3 cm³/mol. The molecule has 0 aromatic heterocycles. The summed E-state index contributed by atoms with van der Waals surface area (Å²) in [4.78, 5) is 0. The first-order chi connectivity index (χ1) is 4.29. The van der Waals surface area contributed by atoms with Crippen molar-refractivity contribution in [3.8, 4) is 0 Å². The van der Waals surface area contributed by atoms with E-state index in [4.69, 9.17) is 0 Å². The van der Waals surface area contributed by atoms with E-state index < -0.39 is 0 Å². The van der Waals surface area contributed by atoms with E-state index in [0.717, 1.165) is 25.8 Å². The Hall–Kier alpha value is -0.0800. The van der Waals surface area contributed by atoms with Gasteiger partial charge in [0.1, 0.15) is 0 Å². The summed E-state index contributed by atoms with van der Waals surface area (Å²) in [6, 6.07) is 0.502. The van der Waals surface area contributed by atoms with Gasteiger partial charge in [0.05, 0.1) is 6.10 Å². The molecule has 0 spiro atoms. The Labute approximate surface area is 56.3 Å². The summed E-state index contributed by atoms with van der Waals surface area (Å²) in [5.74, 6) is 0. The molecule has 54 valence electrons. The van der Waals surface area contributed by atoms with Gasteiger partial charge in [0.15, 0.2) is 0 Å². The number of hydrogen-bond acceptors (Lipinski definition) is 2. The summed E-state index contributed by atoms with van der Waals surface area (Å²) < 4.78 is 0. The molecule has 0 unspecified atom stereocenters. The van der Waals surface area contributed by atoms with Crippen molar-refractivity contribution in [3.63, 3.8) is 0 Å². The highest BCUT2D eigenvalue weighted by Crippen LogP contribution is 2.08. The van der Waals surface area contributed by atoms with E-state index in [2.05, 4.69) is 12.2 Å². The second-order valence-corrected chi connectivity index (χ2v) is 2.89. The topological polar surface area (TPSA) is 32.3 Å². The van der Waals surface area contributed by atoms with Crippen LogP contribution in [0.4, 0.5) is 0 Å². The van der Waals surface area contributed by atoms with E-state index in [0.29, 0.717) is 6.04 Å². The molecular weight excluding hydrogens is 114 g/mol. The van der Waals surface area contributed by atoms with Crippen LogP contribution in [0.15, 0.2) is 0 Å². The van der Waals surface area contributed by atoms with Gasteiger partial charge in [-0.25, -0.2) is 0 Å². The van der Waals surface area contributed by atoms with Gasteiger partial charge in [-0.2, -0.15) is 0 Å². The van der Waals surface area contributed by atoms with Crippen LogP contribution in [0.25, 0.3) is 0 Å². The van der Waals surface area contributed by atoms with Crippen LogP contribution in [0.2, 0.25) is 0 Å². The first-order valence-corrected chi connectivity index (χ1v) is 3.70. The Bertz CT molecular complexity index is 75.0. The van der Waals surface area contributed by atoms with Gasteiger partial charge < -0.3 is 10.4 Å². The van der Waals surface area contributed by atoms with Gasteiger partial charge in [-0.15, -0.1) is 0 Å². The lowest BCUT2D eigenvalue weighted by Gasteiger charge is -2.10. The standard InChI is InChI=1S/C7H15NO/c1-6-5-7(9)3-2-4-8-6/h6-9H,2-5H2,1H3/t6-,7-/m1/s1. The molecule has 0 aromatic rings.